The van der Waals surface area contributed by atoms with Gasteiger partial charge in [-0.2, -0.15) is 0 Å². The van der Waals surface area contributed by atoms with Gasteiger partial charge in [-0.1, -0.05) is 0 Å². The first kappa shape index (κ1) is 16.7. The van der Waals surface area contributed by atoms with Gasteiger partial charge in [0.05, 0.1) is 5.41 Å². The Bertz CT molecular complexity index is 579. The maximum atomic E-state index is 11.9. The van der Waals surface area contributed by atoms with Gasteiger partial charge < -0.3 is 15.7 Å². The highest BCUT2D eigenvalue weighted by Gasteiger charge is 2.30. The number of hydrogen-bond donors (Lipinski definition) is 3. The normalized spacial score (nSPS) is 10.9. The Kier molecular flexibility index (Phi) is 5.07. The Morgan fingerprint density at radius 1 is 1.24 bits per heavy atom. The number of carbonyl (C=O) groups excluding carboxylic acids is 2. The molecule has 21 heavy (non-hydrogen) atoms. The monoisotopic (exact) mass is 292 g/mol. The number of aryl methyl sites for hydroxylation is 1. The lowest BCUT2D eigenvalue weighted by Crippen LogP contribution is -2.29. The summed E-state index contributed by atoms with van der Waals surface area (Å²) in [6.45, 7) is 4.76. The second kappa shape index (κ2) is 6.39. The third-order valence-corrected chi connectivity index (χ3v) is 3.17. The fraction of sp³-hybridized carbons (Fsp3) is 0.400. The molecule has 1 rings (SSSR count). The predicted octanol–water partition coefficient (Wildman–Crippen LogP) is 1.79. The van der Waals surface area contributed by atoms with E-state index in [-0.39, 0.29) is 18.2 Å². The van der Waals surface area contributed by atoms with Crippen LogP contribution in [0.25, 0.3) is 0 Å². The largest absolute Gasteiger partial charge is 0.481 e. The molecule has 6 nitrogen and oxygen atoms in total. The van der Waals surface area contributed by atoms with Crippen LogP contribution >= 0.6 is 0 Å². The summed E-state index contributed by atoms with van der Waals surface area (Å²) in [5.41, 5.74) is 0.672. The summed E-state index contributed by atoms with van der Waals surface area (Å²) in [6, 6.07) is 4.89. The number of aliphatic carboxylic acids is 1. The maximum absolute atomic E-state index is 11.9. The van der Waals surface area contributed by atoms with E-state index < -0.39 is 11.4 Å². The van der Waals surface area contributed by atoms with Gasteiger partial charge in [0.1, 0.15) is 0 Å². The molecular weight excluding hydrogens is 272 g/mol. The Balaban J connectivity index is 2.82. The van der Waals surface area contributed by atoms with Crippen molar-refractivity contribution in [2.45, 2.75) is 27.2 Å². The van der Waals surface area contributed by atoms with Gasteiger partial charge in [0.25, 0.3) is 5.91 Å². The third kappa shape index (κ3) is 4.30. The van der Waals surface area contributed by atoms with Gasteiger partial charge in [-0.05, 0) is 44.5 Å². The minimum absolute atomic E-state index is 0.126. The van der Waals surface area contributed by atoms with E-state index in [2.05, 4.69) is 10.6 Å². The Hall–Kier alpha value is -2.37. The number of benzene rings is 1. The van der Waals surface area contributed by atoms with Crippen LogP contribution in [-0.4, -0.2) is 29.9 Å². The van der Waals surface area contributed by atoms with E-state index in [0.29, 0.717) is 11.3 Å². The first-order valence-corrected chi connectivity index (χ1v) is 6.53. The van der Waals surface area contributed by atoms with Crippen molar-refractivity contribution in [2.24, 2.45) is 5.41 Å². The van der Waals surface area contributed by atoms with Crippen LogP contribution in [0.4, 0.5) is 5.69 Å². The van der Waals surface area contributed by atoms with E-state index in [4.69, 9.17) is 5.11 Å². The number of carbonyl (C=O) groups is 3. The van der Waals surface area contributed by atoms with Crippen molar-refractivity contribution in [3.8, 4) is 0 Å². The standard InChI is InChI=1S/C15H20N2O4/c1-9-7-10(13(19)16-4)5-6-11(9)17-12(18)8-15(2,3)14(20)21/h5-7H,8H2,1-4H3,(H,16,19)(H,17,18)(H,20,21). The molecule has 0 spiro atoms. The molecule has 114 valence electrons. The second-order valence-electron chi connectivity index (χ2n) is 5.52. The van der Waals surface area contributed by atoms with Crippen LogP contribution in [0.3, 0.4) is 0 Å². The van der Waals surface area contributed by atoms with E-state index in [9.17, 15) is 14.4 Å². The minimum Gasteiger partial charge on any atom is -0.481 e. The highest BCUT2D eigenvalue weighted by molar-refractivity contribution is 5.97. The molecule has 3 N–H and O–H groups in total. The van der Waals surface area contributed by atoms with E-state index in [0.717, 1.165) is 5.56 Å². The molecule has 0 aliphatic heterocycles. The van der Waals surface area contributed by atoms with E-state index in [1.165, 1.54) is 13.8 Å². The van der Waals surface area contributed by atoms with Crippen molar-refractivity contribution in [3.05, 3.63) is 29.3 Å². The minimum atomic E-state index is -1.12. The van der Waals surface area contributed by atoms with Crippen molar-refractivity contribution in [2.75, 3.05) is 12.4 Å². The summed E-state index contributed by atoms with van der Waals surface area (Å²) in [5.74, 6) is -1.61. The first-order valence-electron chi connectivity index (χ1n) is 6.53. The predicted molar refractivity (Wildman–Crippen MR) is 79.2 cm³/mol. The summed E-state index contributed by atoms with van der Waals surface area (Å²) < 4.78 is 0. The molecule has 1 aromatic carbocycles. The number of anilines is 1. The lowest BCUT2D eigenvalue weighted by molar-refractivity contribution is -0.148. The van der Waals surface area contributed by atoms with Crippen LogP contribution in [-0.2, 0) is 9.59 Å². The van der Waals surface area contributed by atoms with Crippen molar-refractivity contribution in [1.82, 2.24) is 5.32 Å². The number of hydrogen-bond acceptors (Lipinski definition) is 3. The SMILES string of the molecule is CNC(=O)c1ccc(NC(=O)CC(C)(C)C(=O)O)c(C)c1. The van der Waals surface area contributed by atoms with E-state index >= 15 is 0 Å². The van der Waals surface area contributed by atoms with Crippen molar-refractivity contribution >= 4 is 23.5 Å². The smallest absolute Gasteiger partial charge is 0.309 e. The average molecular weight is 292 g/mol. The molecule has 0 heterocycles. The number of carboxylic acid groups (broad SMARTS) is 1. The number of amides is 2. The van der Waals surface area contributed by atoms with Gasteiger partial charge in [-0.3, -0.25) is 14.4 Å². The molecule has 0 aromatic heterocycles. The summed E-state index contributed by atoms with van der Waals surface area (Å²) in [6.07, 6.45) is -0.126. The molecule has 0 saturated heterocycles. The van der Waals surface area contributed by atoms with Gasteiger partial charge >= 0.3 is 5.97 Å². The number of rotatable bonds is 5. The first-order chi connectivity index (χ1) is 9.67. The second-order valence-corrected chi connectivity index (χ2v) is 5.52. The van der Waals surface area contributed by atoms with Gasteiger partial charge in [0.15, 0.2) is 0 Å². The van der Waals surface area contributed by atoms with Crippen LogP contribution in [0, 0.1) is 12.3 Å². The summed E-state index contributed by atoms with van der Waals surface area (Å²) >= 11 is 0. The Morgan fingerprint density at radius 3 is 2.33 bits per heavy atom. The summed E-state index contributed by atoms with van der Waals surface area (Å²) in [4.78, 5) is 34.4. The topological polar surface area (TPSA) is 95.5 Å². The molecule has 0 unspecified atom stereocenters. The molecule has 1 aromatic rings. The van der Waals surface area contributed by atoms with Gasteiger partial charge in [0.2, 0.25) is 5.91 Å². The highest BCUT2D eigenvalue weighted by atomic mass is 16.4. The molecule has 0 atom stereocenters. The molecule has 0 radical (unpaired) electrons. The lowest BCUT2D eigenvalue weighted by atomic mass is 9.89. The zero-order valence-corrected chi connectivity index (χ0v) is 12.6. The quantitative estimate of drug-likeness (QED) is 0.771. The number of carboxylic acids is 1. The average Bonchev–Trinajstić information content (AvgIpc) is 2.39. The van der Waals surface area contributed by atoms with Crippen LogP contribution < -0.4 is 10.6 Å². The maximum Gasteiger partial charge on any atom is 0.309 e. The van der Waals surface area contributed by atoms with Gasteiger partial charge in [-0.25, -0.2) is 0 Å². The Labute approximate surface area is 123 Å². The van der Waals surface area contributed by atoms with E-state index in [1.54, 1.807) is 32.2 Å². The zero-order valence-electron chi connectivity index (χ0n) is 12.6. The van der Waals surface area contributed by atoms with Gasteiger partial charge in [-0.15, -0.1) is 0 Å². The van der Waals surface area contributed by atoms with Crippen LogP contribution in [0.5, 0.6) is 0 Å². The summed E-state index contributed by atoms with van der Waals surface area (Å²) in [7, 11) is 1.54. The van der Waals surface area contributed by atoms with Crippen LogP contribution in [0.15, 0.2) is 18.2 Å². The van der Waals surface area contributed by atoms with Gasteiger partial charge in [0, 0.05) is 24.7 Å². The van der Waals surface area contributed by atoms with Crippen LogP contribution in [0.1, 0.15) is 36.2 Å². The molecule has 0 aliphatic carbocycles. The lowest BCUT2D eigenvalue weighted by Gasteiger charge is -2.18. The fourth-order valence-corrected chi connectivity index (χ4v) is 1.76. The van der Waals surface area contributed by atoms with Crippen molar-refractivity contribution in [1.29, 1.82) is 0 Å². The van der Waals surface area contributed by atoms with E-state index in [1.807, 2.05) is 0 Å². The third-order valence-electron chi connectivity index (χ3n) is 3.17. The molecule has 6 heteroatoms. The van der Waals surface area contributed by atoms with Crippen LogP contribution in [0.2, 0.25) is 0 Å². The molecule has 0 fully saturated rings. The fourth-order valence-electron chi connectivity index (χ4n) is 1.76. The zero-order chi connectivity index (χ0) is 16.2. The molecule has 0 aliphatic rings. The molecular formula is C15H20N2O4. The summed E-state index contributed by atoms with van der Waals surface area (Å²) in [5, 5.41) is 14.2. The number of nitrogens with one attached hydrogen (secondary N) is 2. The van der Waals surface area contributed by atoms with Crippen molar-refractivity contribution in [3.63, 3.8) is 0 Å². The molecule has 0 saturated carbocycles. The molecule has 2 amide bonds. The highest BCUT2D eigenvalue weighted by Crippen LogP contribution is 2.23. The molecule has 0 bridgehead atoms. The Morgan fingerprint density at radius 2 is 1.86 bits per heavy atom. The van der Waals surface area contributed by atoms with Crippen molar-refractivity contribution < 1.29 is 19.5 Å².